The monoisotopic (exact) mass is 435 g/mol. The molecule has 1 fully saturated rings. The molecule has 0 aliphatic carbocycles. The lowest BCUT2D eigenvalue weighted by Crippen LogP contribution is -2.41. The molecule has 2 aromatic heterocycles. The van der Waals surface area contributed by atoms with Crippen molar-refractivity contribution in [3.63, 3.8) is 0 Å². The first-order valence-corrected chi connectivity index (χ1v) is 12.2. The summed E-state index contributed by atoms with van der Waals surface area (Å²) in [5, 5.41) is 5.30. The number of nitrogens with one attached hydrogen (secondary N) is 1. The first-order valence-electron chi connectivity index (χ1n) is 10.4. The number of likely N-dealkylation sites (N-methyl/N-ethyl adjacent to an activating group) is 1. The maximum atomic E-state index is 12.3. The molecule has 0 spiro atoms. The minimum atomic E-state index is 0.149. The number of nitrogens with zero attached hydrogens (tertiary/aromatic N) is 4. The topological polar surface area (TPSA) is 61.4 Å². The maximum Gasteiger partial charge on any atom is 0.220 e. The minimum Gasteiger partial charge on any atom is -0.356 e. The van der Waals surface area contributed by atoms with Crippen LogP contribution >= 0.6 is 23.1 Å². The highest BCUT2D eigenvalue weighted by atomic mass is 32.2. The Labute approximate surface area is 182 Å². The van der Waals surface area contributed by atoms with E-state index >= 15 is 0 Å². The third-order valence-corrected chi connectivity index (χ3v) is 7.76. The van der Waals surface area contributed by atoms with Crippen molar-refractivity contribution in [2.45, 2.75) is 38.1 Å². The van der Waals surface area contributed by atoms with E-state index in [0.717, 1.165) is 53.7 Å². The maximum absolute atomic E-state index is 12.3. The molecule has 6 nitrogen and oxygen atoms in total. The van der Waals surface area contributed by atoms with E-state index in [1.807, 2.05) is 0 Å². The Morgan fingerprint density at radius 1 is 1.31 bits per heavy atom. The molecule has 0 aromatic carbocycles. The molecule has 0 bridgehead atoms. The van der Waals surface area contributed by atoms with Crippen LogP contribution in [-0.4, -0.2) is 78.2 Å². The van der Waals surface area contributed by atoms with E-state index in [9.17, 15) is 4.79 Å². The molecule has 1 aliphatic rings. The molecule has 1 amide bonds. The van der Waals surface area contributed by atoms with Crippen molar-refractivity contribution in [3.8, 4) is 0 Å². The van der Waals surface area contributed by atoms with Gasteiger partial charge < -0.3 is 15.1 Å². The average Bonchev–Trinajstić information content (AvgIpc) is 3.00. The predicted octanol–water partition coefficient (Wildman–Crippen LogP) is 3.18. The Bertz CT molecular complexity index is 815. The number of aryl methyl sites for hydroxylation is 2. The summed E-state index contributed by atoms with van der Waals surface area (Å²) < 4.78 is 0. The van der Waals surface area contributed by atoms with Gasteiger partial charge in [-0.15, -0.1) is 23.1 Å². The van der Waals surface area contributed by atoms with E-state index < -0.39 is 0 Å². The number of fused-ring (bicyclic) bond motifs is 1. The lowest BCUT2D eigenvalue weighted by Gasteiger charge is -2.32. The fourth-order valence-corrected chi connectivity index (χ4v) is 5.66. The summed E-state index contributed by atoms with van der Waals surface area (Å²) in [6.07, 6.45) is 4.52. The Balaban J connectivity index is 1.36. The minimum absolute atomic E-state index is 0.149. The van der Waals surface area contributed by atoms with E-state index in [1.165, 1.54) is 23.3 Å². The number of likely N-dealkylation sites (tertiary alicyclic amines) is 1. The number of aromatic nitrogens is 2. The third-order valence-electron chi connectivity index (χ3n) is 5.66. The number of amides is 1. The standard InChI is InChI=1S/C21H33N5OS2/c1-15-16(2)29-21-19(15)20(23-14-24-21)28-12-7-18(27)22-13-17-5-8-26(9-6-17)11-10-25(3)4/h14,17H,5-13H2,1-4H3,(H,22,27). The van der Waals surface area contributed by atoms with Crippen LogP contribution in [0.3, 0.4) is 0 Å². The summed E-state index contributed by atoms with van der Waals surface area (Å²) in [7, 11) is 4.24. The molecule has 3 rings (SSSR count). The van der Waals surface area contributed by atoms with Crippen LogP contribution in [0, 0.1) is 19.8 Å². The van der Waals surface area contributed by atoms with Crippen molar-refractivity contribution in [2.24, 2.45) is 5.92 Å². The van der Waals surface area contributed by atoms with Crippen LogP contribution in [0.2, 0.25) is 0 Å². The third kappa shape index (κ3) is 6.38. The van der Waals surface area contributed by atoms with E-state index in [-0.39, 0.29) is 5.91 Å². The molecular formula is C21H33N5OS2. The van der Waals surface area contributed by atoms with Crippen LogP contribution in [0.5, 0.6) is 0 Å². The Kier molecular flexibility index (Phi) is 8.29. The molecule has 8 heteroatoms. The zero-order valence-electron chi connectivity index (χ0n) is 18.0. The zero-order chi connectivity index (χ0) is 20.8. The van der Waals surface area contributed by atoms with Gasteiger partial charge in [-0.05, 0) is 65.4 Å². The van der Waals surface area contributed by atoms with Crippen molar-refractivity contribution < 1.29 is 4.79 Å². The Hall–Kier alpha value is -1.22. The molecule has 1 N–H and O–H groups in total. The highest BCUT2D eigenvalue weighted by Gasteiger charge is 2.19. The van der Waals surface area contributed by atoms with E-state index in [4.69, 9.17) is 0 Å². The number of carbonyl (C=O) groups is 1. The Morgan fingerprint density at radius 2 is 2.07 bits per heavy atom. The molecule has 0 saturated carbocycles. The van der Waals surface area contributed by atoms with Gasteiger partial charge in [0, 0.05) is 42.1 Å². The summed E-state index contributed by atoms with van der Waals surface area (Å²) in [6.45, 7) is 9.60. The van der Waals surface area contributed by atoms with Gasteiger partial charge in [0.05, 0.1) is 0 Å². The van der Waals surface area contributed by atoms with Gasteiger partial charge in [0.15, 0.2) is 0 Å². The number of piperidine rings is 1. The largest absolute Gasteiger partial charge is 0.356 e. The first kappa shape index (κ1) is 22.5. The molecule has 0 unspecified atom stereocenters. The normalized spacial score (nSPS) is 16.0. The quantitative estimate of drug-likeness (QED) is 0.482. The highest BCUT2D eigenvalue weighted by Crippen LogP contribution is 2.34. The van der Waals surface area contributed by atoms with Gasteiger partial charge in [-0.25, -0.2) is 9.97 Å². The number of rotatable bonds is 9. The second-order valence-corrected chi connectivity index (χ2v) is 10.4. The fraction of sp³-hybridized carbons (Fsp3) is 0.667. The Morgan fingerprint density at radius 3 is 2.79 bits per heavy atom. The second kappa shape index (κ2) is 10.7. The van der Waals surface area contributed by atoms with Crippen molar-refractivity contribution in [1.29, 1.82) is 0 Å². The van der Waals surface area contributed by atoms with Gasteiger partial charge in [0.25, 0.3) is 0 Å². The molecule has 0 atom stereocenters. The predicted molar refractivity (Wildman–Crippen MR) is 123 cm³/mol. The summed E-state index contributed by atoms with van der Waals surface area (Å²) in [6, 6.07) is 0. The van der Waals surface area contributed by atoms with Crippen molar-refractivity contribution in [1.82, 2.24) is 25.1 Å². The number of carbonyl (C=O) groups excluding carboxylic acids is 1. The van der Waals surface area contributed by atoms with Gasteiger partial charge in [-0.1, -0.05) is 0 Å². The molecule has 3 heterocycles. The lowest BCUT2D eigenvalue weighted by atomic mass is 9.97. The van der Waals surface area contributed by atoms with Crippen LogP contribution in [0.1, 0.15) is 29.7 Å². The molecule has 1 aliphatic heterocycles. The van der Waals surface area contributed by atoms with Gasteiger partial charge >= 0.3 is 0 Å². The van der Waals surface area contributed by atoms with Crippen molar-refractivity contribution in [3.05, 3.63) is 16.8 Å². The lowest BCUT2D eigenvalue weighted by molar-refractivity contribution is -0.120. The first-order chi connectivity index (χ1) is 13.9. The molecular weight excluding hydrogens is 402 g/mol. The van der Waals surface area contributed by atoms with Crippen molar-refractivity contribution >= 4 is 39.2 Å². The van der Waals surface area contributed by atoms with Crippen molar-refractivity contribution in [2.75, 3.05) is 52.6 Å². The molecule has 0 radical (unpaired) electrons. The van der Waals surface area contributed by atoms with Crippen LogP contribution in [-0.2, 0) is 4.79 Å². The van der Waals surface area contributed by atoms with Crippen LogP contribution in [0.15, 0.2) is 11.4 Å². The fourth-order valence-electron chi connectivity index (χ4n) is 3.60. The van der Waals surface area contributed by atoms with E-state index in [2.05, 4.69) is 53.0 Å². The van der Waals surface area contributed by atoms with Crippen LogP contribution in [0.4, 0.5) is 0 Å². The summed E-state index contributed by atoms with van der Waals surface area (Å²) >= 11 is 3.37. The highest BCUT2D eigenvalue weighted by molar-refractivity contribution is 7.99. The van der Waals surface area contributed by atoms with Gasteiger partial charge in [0.2, 0.25) is 5.91 Å². The van der Waals surface area contributed by atoms with Crippen LogP contribution in [0.25, 0.3) is 10.2 Å². The molecule has 1 saturated heterocycles. The number of thiophene rings is 1. The zero-order valence-corrected chi connectivity index (χ0v) is 19.7. The number of hydrogen-bond acceptors (Lipinski definition) is 7. The molecule has 160 valence electrons. The average molecular weight is 436 g/mol. The molecule has 29 heavy (non-hydrogen) atoms. The van der Waals surface area contributed by atoms with E-state index in [1.54, 1.807) is 29.4 Å². The number of hydrogen-bond donors (Lipinski definition) is 1. The van der Waals surface area contributed by atoms with Gasteiger partial charge in [-0.2, -0.15) is 0 Å². The van der Waals surface area contributed by atoms with E-state index in [0.29, 0.717) is 12.3 Å². The molecule has 2 aromatic rings. The summed E-state index contributed by atoms with van der Waals surface area (Å²) in [5.41, 5.74) is 1.26. The van der Waals surface area contributed by atoms with Gasteiger partial charge in [-0.3, -0.25) is 4.79 Å². The SMILES string of the molecule is Cc1sc2ncnc(SCCC(=O)NCC3CCN(CCN(C)C)CC3)c2c1C. The number of thioether (sulfide) groups is 1. The summed E-state index contributed by atoms with van der Waals surface area (Å²) in [4.78, 5) is 28.2. The second-order valence-electron chi connectivity index (χ2n) is 8.13. The summed E-state index contributed by atoms with van der Waals surface area (Å²) in [5.74, 6) is 1.51. The van der Waals surface area contributed by atoms with Gasteiger partial charge in [0.1, 0.15) is 16.2 Å². The van der Waals surface area contributed by atoms with Crippen LogP contribution < -0.4 is 5.32 Å². The smallest absolute Gasteiger partial charge is 0.220 e.